The second-order valence-electron chi connectivity index (χ2n) is 12.0. The summed E-state index contributed by atoms with van der Waals surface area (Å²) < 4.78 is 68.0. The molecule has 3 rings (SSSR count). The van der Waals surface area contributed by atoms with Crippen molar-refractivity contribution in [2.24, 2.45) is 5.41 Å². The lowest BCUT2D eigenvalue weighted by Gasteiger charge is -2.33. The van der Waals surface area contributed by atoms with Crippen LogP contribution in [0.4, 0.5) is 5.82 Å². The molecule has 1 fully saturated rings. The van der Waals surface area contributed by atoms with E-state index in [9.17, 15) is 52.8 Å². The van der Waals surface area contributed by atoms with Crippen LogP contribution in [0.1, 0.15) is 46.3 Å². The van der Waals surface area contributed by atoms with Crippen molar-refractivity contribution < 1.29 is 80.1 Å². The molecule has 0 aromatic carbocycles. The molecule has 1 aliphatic rings. The first kappa shape index (κ1) is 44.8. The Morgan fingerprint density at radius 3 is 2.38 bits per heavy atom. The van der Waals surface area contributed by atoms with Crippen molar-refractivity contribution in [2.45, 2.75) is 70.7 Å². The number of amides is 2. The molecule has 0 aliphatic carbocycles. The number of aromatic nitrogens is 4. The zero-order valence-electron chi connectivity index (χ0n) is 28.5. The van der Waals surface area contributed by atoms with Crippen LogP contribution in [0.15, 0.2) is 12.7 Å². The van der Waals surface area contributed by atoms with E-state index in [4.69, 9.17) is 24.3 Å². The van der Waals surface area contributed by atoms with Crippen LogP contribution in [-0.2, 0) is 55.4 Å². The third kappa shape index (κ3) is 13.3. The molecular weight excluding hydrogens is 795 g/mol. The van der Waals surface area contributed by atoms with Crippen LogP contribution in [-0.4, -0.2) is 118 Å². The average molecular weight is 838 g/mol. The summed E-state index contributed by atoms with van der Waals surface area (Å²) in [7, 11) is -16.5. The fourth-order valence-corrected chi connectivity index (χ4v) is 7.68. The fourth-order valence-electron chi connectivity index (χ4n) is 4.74. The number of esters is 1. The van der Waals surface area contributed by atoms with Gasteiger partial charge in [-0.1, -0.05) is 20.8 Å². The Balaban J connectivity index is 1.68. The van der Waals surface area contributed by atoms with Gasteiger partial charge in [-0.05, 0) is 6.42 Å². The van der Waals surface area contributed by atoms with E-state index in [1.165, 1.54) is 13.8 Å². The zero-order valence-corrected chi connectivity index (χ0v) is 32.1. The Bertz CT molecular complexity index is 1750. The predicted octanol–water partition coefficient (Wildman–Crippen LogP) is -0.314. The van der Waals surface area contributed by atoms with Crippen molar-refractivity contribution in [1.82, 2.24) is 30.2 Å². The summed E-state index contributed by atoms with van der Waals surface area (Å²) >= 11 is 3.98. The number of nitrogens with zero attached hydrogens (tertiary/aromatic N) is 4. The standard InChI is InChI=1S/C25H42N7O17P3S/c1-4-5-16(34)47-20(23(36)28-7-6-15(33)27-8-9-53)25(2,3)11-45-52(42,43)49-51(40,41)44-10-14-19(48-50(37,38)39)18(35)24(46-14)32-13-31-17-21(26)29-12-30-22(17)32/h12-14,18-20,24,35,53H,4-11H2,1-3H3,(H,27,33)(H,28,36)(H,40,41)(H,42,43)(H2,26,29,30)(H2,37,38,39)/t14-,18-,19-,20+,24-/m1/s1. The van der Waals surface area contributed by atoms with E-state index in [0.717, 1.165) is 17.2 Å². The molecule has 0 spiro atoms. The third-order valence-electron chi connectivity index (χ3n) is 7.17. The third-order valence-corrected chi connectivity index (χ3v) is 10.5. The second kappa shape index (κ2) is 18.8. The highest BCUT2D eigenvalue weighted by Gasteiger charge is 2.50. The first-order valence-electron chi connectivity index (χ1n) is 15.6. The Hall–Kier alpha value is -2.60. The quantitative estimate of drug-likeness (QED) is 0.0442. The molecule has 28 heteroatoms. The number of anilines is 1. The normalized spacial score (nSPS) is 22.1. The molecule has 2 unspecified atom stereocenters. The van der Waals surface area contributed by atoms with Gasteiger partial charge in [-0.25, -0.2) is 28.6 Å². The van der Waals surface area contributed by atoms with Gasteiger partial charge in [-0.15, -0.1) is 0 Å². The highest BCUT2D eigenvalue weighted by molar-refractivity contribution is 7.80. The van der Waals surface area contributed by atoms with Crippen molar-refractivity contribution in [2.75, 3.05) is 37.8 Å². The van der Waals surface area contributed by atoms with Crippen molar-refractivity contribution in [3.05, 3.63) is 12.7 Å². The first-order valence-corrected chi connectivity index (χ1v) is 20.8. The molecule has 1 saturated heterocycles. The largest absolute Gasteiger partial charge is 0.481 e. The number of nitrogens with one attached hydrogen (secondary N) is 2. The number of thiol groups is 1. The summed E-state index contributed by atoms with van der Waals surface area (Å²) in [4.78, 5) is 88.5. The molecule has 53 heavy (non-hydrogen) atoms. The Morgan fingerprint density at radius 1 is 1.06 bits per heavy atom. The van der Waals surface area contributed by atoms with E-state index in [2.05, 4.69) is 47.0 Å². The van der Waals surface area contributed by atoms with E-state index >= 15 is 0 Å². The number of aliphatic hydroxyl groups is 1. The minimum atomic E-state index is -5.59. The van der Waals surface area contributed by atoms with E-state index in [1.807, 2.05) is 0 Å². The van der Waals surface area contributed by atoms with Crippen LogP contribution in [0.2, 0.25) is 0 Å². The molecule has 9 N–H and O–H groups in total. The van der Waals surface area contributed by atoms with Gasteiger partial charge in [-0.3, -0.25) is 32.5 Å². The summed E-state index contributed by atoms with van der Waals surface area (Å²) in [6.45, 7) is 2.44. The molecule has 0 radical (unpaired) electrons. The predicted molar refractivity (Wildman–Crippen MR) is 182 cm³/mol. The molecule has 24 nitrogen and oxygen atoms in total. The van der Waals surface area contributed by atoms with Crippen molar-refractivity contribution in [3.63, 3.8) is 0 Å². The highest BCUT2D eigenvalue weighted by atomic mass is 32.1. The van der Waals surface area contributed by atoms with E-state index in [1.54, 1.807) is 6.92 Å². The molecule has 300 valence electrons. The van der Waals surface area contributed by atoms with Crippen LogP contribution < -0.4 is 16.4 Å². The number of imidazole rings is 1. The first-order chi connectivity index (χ1) is 24.6. The maximum atomic E-state index is 13.0. The number of nitrogens with two attached hydrogens (primary N) is 1. The number of hydrogen-bond donors (Lipinski definition) is 9. The number of phosphoric ester groups is 3. The molecule has 2 aromatic heterocycles. The summed E-state index contributed by atoms with van der Waals surface area (Å²) in [5.74, 6) is -1.70. The molecule has 2 amide bonds. The van der Waals surface area contributed by atoms with Crippen LogP contribution >= 0.6 is 36.1 Å². The molecular formula is C25H42N7O17P3S. The number of hydrogen-bond acceptors (Lipinski definition) is 18. The van der Waals surface area contributed by atoms with Crippen LogP contribution in [0.25, 0.3) is 11.2 Å². The van der Waals surface area contributed by atoms with Gasteiger partial charge in [0.15, 0.2) is 23.8 Å². The average Bonchev–Trinajstić information content (AvgIpc) is 3.61. The van der Waals surface area contributed by atoms with Gasteiger partial charge >= 0.3 is 29.4 Å². The lowest BCUT2D eigenvalue weighted by atomic mass is 9.86. The minimum absolute atomic E-state index is 0.0302. The summed E-state index contributed by atoms with van der Waals surface area (Å²) in [6.07, 6.45) is -6.35. The van der Waals surface area contributed by atoms with Gasteiger partial charge in [0.2, 0.25) is 5.91 Å². The SMILES string of the molecule is CCCC(=O)O[C@@H](C(=O)NCCC(=O)NCCS)C(C)(C)COP(=O)(O)OP(=O)(O)OC[C@H]1O[C@@H](n2cnc3c(N)ncnc32)[C@H](O)[C@@H]1OP(=O)(O)O. The van der Waals surface area contributed by atoms with Crippen molar-refractivity contribution in [1.29, 1.82) is 0 Å². The lowest BCUT2D eigenvalue weighted by molar-refractivity contribution is -0.165. The van der Waals surface area contributed by atoms with Crippen LogP contribution in [0, 0.1) is 5.41 Å². The number of nitrogen functional groups attached to an aromatic ring is 1. The lowest BCUT2D eigenvalue weighted by Crippen LogP contribution is -2.49. The van der Waals surface area contributed by atoms with Gasteiger partial charge in [-0.2, -0.15) is 16.9 Å². The number of carbonyl (C=O) groups is 3. The van der Waals surface area contributed by atoms with Gasteiger partial charge in [0.25, 0.3) is 5.91 Å². The minimum Gasteiger partial charge on any atom is -0.452 e. The Morgan fingerprint density at radius 2 is 1.74 bits per heavy atom. The van der Waals surface area contributed by atoms with Gasteiger partial charge in [0.05, 0.1) is 19.5 Å². The monoisotopic (exact) mass is 837 g/mol. The van der Waals surface area contributed by atoms with E-state index in [-0.39, 0.29) is 42.3 Å². The highest BCUT2D eigenvalue weighted by Crippen LogP contribution is 2.61. The summed E-state index contributed by atoms with van der Waals surface area (Å²) in [5, 5.41) is 15.9. The summed E-state index contributed by atoms with van der Waals surface area (Å²) in [6, 6.07) is 0. The van der Waals surface area contributed by atoms with E-state index in [0.29, 0.717) is 18.7 Å². The molecule has 2 aromatic rings. The molecule has 0 bridgehead atoms. The molecule has 7 atom stereocenters. The van der Waals surface area contributed by atoms with Gasteiger partial charge < -0.3 is 50.5 Å². The Labute approximate surface area is 307 Å². The summed E-state index contributed by atoms with van der Waals surface area (Å²) in [5.41, 5.74) is 4.30. The van der Waals surface area contributed by atoms with Crippen LogP contribution in [0.5, 0.6) is 0 Å². The number of aliphatic hydroxyl groups excluding tert-OH is 1. The number of fused-ring (bicyclic) bond motifs is 1. The zero-order chi connectivity index (χ0) is 39.8. The smallest absolute Gasteiger partial charge is 0.452 e. The number of carbonyl (C=O) groups excluding carboxylic acids is 3. The van der Waals surface area contributed by atoms with Gasteiger partial charge in [0.1, 0.15) is 30.2 Å². The molecule has 3 heterocycles. The van der Waals surface area contributed by atoms with E-state index < -0.39 is 84.6 Å². The number of ether oxygens (including phenoxy) is 2. The van der Waals surface area contributed by atoms with Crippen LogP contribution in [0.3, 0.4) is 0 Å². The molecule has 1 aliphatic heterocycles. The fraction of sp³-hybridized carbons (Fsp3) is 0.680. The maximum absolute atomic E-state index is 13.0. The number of phosphoric acid groups is 3. The number of rotatable bonds is 21. The Kier molecular flexibility index (Phi) is 15.9. The maximum Gasteiger partial charge on any atom is 0.481 e. The van der Waals surface area contributed by atoms with Crippen molar-refractivity contribution in [3.8, 4) is 0 Å². The topological polar surface area (TPSA) is 353 Å². The van der Waals surface area contributed by atoms with Gasteiger partial charge in [0, 0.05) is 37.1 Å². The molecule has 0 saturated carbocycles. The second-order valence-corrected chi connectivity index (χ2v) is 16.7. The van der Waals surface area contributed by atoms with Crippen molar-refractivity contribution >= 4 is 70.9 Å².